The molecule has 3 heteroatoms. The highest BCUT2D eigenvalue weighted by atomic mass is 31.1. The highest BCUT2D eigenvalue weighted by molar-refractivity contribution is 7.66. The summed E-state index contributed by atoms with van der Waals surface area (Å²) >= 11 is 0. The Bertz CT molecular complexity index is 612. The molecule has 1 fully saturated rings. The first-order valence-corrected chi connectivity index (χ1v) is 9.50. The zero-order chi connectivity index (χ0) is 16.9. The molecule has 0 aromatic heterocycles. The van der Waals surface area contributed by atoms with E-state index >= 15 is 0 Å². The summed E-state index contributed by atoms with van der Waals surface area (Å²) in [6.07, 6.45) is 8.01. The van der Waals surface area contributed by atoms with E-state index in [0.717, 1.165) is 5.56 Å². The van der Waals surface area contributed by atoms with Crippen molar-refractivity contribution in [3.63, 3.8) is 0 Å². The van der Waals surface area contributed by atoms with Crippen molar-refractivity contribution in [3.05, 3.63) is 97.6 Å². The average Bonchev–Trinajstić information content (AvgIpc) is 3.16. The van der Waals surface area contributed by atoms with Gasteiger partial charge in [-0.05, 0) is 50.5 Å². The lowest BCUT2D eigenvalue weighted by Crippen LogP contribution is -2.34. The van der Waals surface area contributed by atoms with Crippen molar-refractivity contribution in [2.75, 3.05) is 7.05 Å². The molecule has 0 saturated heterocycles. The number of nitrogens with zero attached hydrogens (tertiary/aromatic N) is 1. The van der Waals surface area contributed by atoms with Crippen molar-refractivity contribution < 1.29 is 5.11 Å². The first-order chi connectivity index (χ1) is 11.7. The predicted molar refractivity (Wildman–Crippen MR) is 102 cm³/mol. The summed E-state index contributed by atoms with van der Waals surface area (Å²) in [4.78, 5) is 0. The smallest absolute Gasteiger partial charge is 0.0945 e. The van der Waals surface area contributed by atoms with Crippen molar-refractivity contribution >= 4 is 13.4 Å². The molecule has 123 valence electrons. The van der Waals surface area contributed by atoms with Gasteiger partial charge in [-0.1, -0.05) is 60.7 Å². The molecular formula is C21H23NOP. The van der Waals surface area contributed by atoms with E-state index < -0.39 is 14.2 Å². The lowest BCUT2D eigenvalue weighted by Gasteiger charge is -2.38. The molecule has 1 saturated carbocycles. The van der Waals surface area contributed by atoms with Gasteiger partial charge in [0.2, 0.25) is 0 Å². The SMILES string of the molecule is C[C@H]([C@@H](O)c1ccccc1)N(C)[P@@]([C]1[CH][CH][CH][CH]1)c1ccccc1. The molecule has 0 bridgehead atoms. The quantitative estimate of drug-likeness (QED) is 0.802. The lowest BCUT2D eigenvalue weighted by atomic mass is 10.0. The van der Waals surface area contributed by atoms with Gasteiger partial charge in [0, 0.05) is 19.8 Å². The zero-order valence-corrected chi connectivity index (χ0v) is 15.0. The fourth-order valence-electron chi connectivity index (χ4n) is 2.90. The Morgan fingerprint density at radius 3 is 2.00 bits per heavy atom. The van der Waals surface area contributed by atoms with Gasteiger partial charge in [0.1, 0.15) is 0 Å². The molecule has 0 amide bonds. The van der Waals surface area contributed by atoms with Crippen molar-refractivity contribution in [1.82, 2.24) is 4.67 Å². The molecule has 1 aliphatic carbocycles. The minimum absolute atomic E-state index is 0.00798. The Labute approximate surface area is 147 Å². The molecule has 3 atom stereocenters. The lowest BCUT2D eigenvalue weighted by molar-refractivity contribution is 0.110. The fraction of sp³-hybridized carbons (Fsp3) is 0.190. The number of likely N-dealkylation sites (N-methyl/N-ethyl adjacent to an activating group) is 1. The van der Waals surface area contributed by atoms with Crippen LogP contribution in [0.2, 0.25) is 0 Å². The summed E-state index contributed by atoms with van der Waals surface area (Å²) in [5.41, 5.74) is 2.27. The van der Waals surface area contributed by atoms with Gasteiger partial charge in [-0.2, -0.15) is 0 Å². The number of hydrogen-bond donors (Lipinski definition) is 1. The number of benzene rings is 2. The molecule has 24 heavy (non-hydrogen) atoms. The molecule has 0 unspecified atom stereocenters. The molecule has 5 radical (unpaired) electrons. The third-order valence-corrected chi connectivity index (χ3v) is 6.96. The van der Waals surface area contributed by atoms with Gasteiger partial charge in [0.05, 0.1) is 6.10 Å². The molecule has 1 aliphatic rings. The Hall–Kier alpha value is -1.21. The van der Waals surface area contributed by atoms with Crippen LogP contribution in [0, 0.1) is 31.3 Å². The second-order valence-electron chi connectivity index (χ2n) is 5.96. The second-order valence-corrected chi connectivity index (χ2v) is 8.25. The van der Waals surface area contributed by atoms with Crippen molar-refractivity contribution in [2.45, 2.75) is 19.1 Å². The molecule has 0 spiro atoms. The Morgan fingerprint density at radius 2 is 1.42 bits per heavy atom. The first kappa shape index (κ1) is 17.6. The standard InChI is InChI=1S/C21H23NOP/c1-17(21(23)18-11-5-3-6-12-18)22(2)24(20-15-9-10-16-20)19-13-7-4-8-14-19/h3-17,21,23H,1-2H3/t17-,21-,24-/m1/s1. The Kier molecular flexibility index (Phi) is 6.05. The van der Waals surface area contributed by atoms with E-state index in [2.05, 4.69) is 68.6 Å². The summed E-state index contributed by atoms with van der Waals surface area (Å²) in [6.45, 7) is 2.10. The van der Waals surface area contributed by atoms with Crippen molar-refractivity contribution in [1.29, 1.82) is 0 Å². The number of rotatable bonds is 6. The molecule has 3 rings (SSSR count). The molecule has 2 aromatic carbocycles. The van der Waals surface area contributed by atoms with Crippen LogP contribution in [0.15, 0.2) is 60.7 Å². The van der Waals surface area contributed by atoms with Crippen LogP contribution in [0.3, 0.4) is 0 Å². The highest BCUT2D eigenvalue weighted by Crippen LogP contribution is 2.55. The predicted octanol–water partition coefficient (Wildman–Crippen LogP) is 4.13. The van der Waals surface area contributed by atoms with E-state index in [9.17, 15) is 5.11 Å². The Balaban J connectivity index is 1.83. The summed E-state index contributed by atoms with van der Waals surface area (Å²) < 4.78 is 2.32. The normalized spacial score (nSPS) is 19.3. The summed E-state index contributed by atoms with van der Waals surface area (Å²) in [7, 11) is 1.45. The summed E-state index contributed by atoms with van der Waals surface area (Å²) in [6, 6.07) is 20.5. The van der Waals surface area contributed by atoms with Gasteiger partial charge in [-0.25, -0.2) is 0 Å². The number of aliphatic hydroxyl groups excluding tert-OH is 1. The van der Waals surface area contributed by atoms with E-state index in [1.807, 2.05) is 36.4 Å². The van der Waals surface area contributed by atoms with Crippen molar-refractivity contribution in [2.24, 2.45) is 0 Å². The minimum atomic E-state index is -0.664. The third-order valence-electron chi connectivity index (χ3n) is 4.39. The fourth-order valence-corrected chi connectivity index (χ4v) is 5.33. The molecule has 2 aromatic rings. The third kappa shape index (κ3) is 3.88. The summed E-state index contributed by atoms with van der Waals surface area (Å²) in [5, 5.41) is 12.1. The van der Waals surface area contributed by atoms with E-state index in [-0.39, 0.29) is 6.04 Å². The highest BCUT2D eigenvalue weighted by Gasteiger charge is 2.34. The molecule has 0 heterocycles. The van der Waals surface area contributed by atoms with Crippen LogP contribution in [0.5, 0.6) is 0 Å². The van der Waals surface area contributed by atoms with Gasteiger partial charge >= 0.3 is 0 Å². The van der Waals surface area contributed by atoms with Gasteiger partial charge in [-0.3, -0.25) is 4.67 Å². The van der Waals surface area contributed by atoms with Crippen molar-refractivity contribution in [3.8, 4) is 0 Å². The maximum atomic E-state index is 10.8. The van der Waals surface area contributed by atoms with Crippen LogP contribution in [0.25, 0.3) is 0 Å². The maximum absolute atomic E-state index is 10.8. The second kappa shape index (κ2) is 8.25. The molecule has 1 N–H and O–H groups in total. The topological polar surface area (TPSA) is 23.5 Å². The first-order valence-electron chi connectivity index (χ1n) is 8.21. The van der Waals surface area contributed by atoms with Crippen LogP contribution < -0.4 is 5.30 Å². The van der Waals surface area contributed by atoms with Crippen LogP contribution in [0.4, 0.5) is 0 Å². The van der Waals surface area contributed by atoms with Gasteiger partial charge in [-0.15, -0.1) is 0 Å². The maximum Gasteiger partial charge on any atom is 0.0945 e. The van der Waals surface area contributed by atoms with Gasteiger partial charge in [0.25, 0.3) is 0 Å². The van der Waals surface area contributed by atoms with E-state index in [1.54, 1.807) is 0 Å². The van der Waals surface area contributed by atoms with E-state index in [0.29, 0.717) is 0 Å². The van der Waals surface area contributed by atoms with Crippen LogP contribution in [0.1, 0.15) is 18.6 Å². The van der Waals surface area contributed by atoms with E-state index in [4.69, 9.17) is 0 Å². The molecular weight excluding hydrogens is 313 g/mol. The number of hydrogen-bond acceptors (Lipinski definition) is 2. The minimum Gasteiger partial charge on any atom is -0.387 e. The van der Waals surface area contributed by atoms with Gasteiger partial charge < -0.3 is 5.11 Å². The molecule has 2 nitrogen and oxygen atoms in total. The number of aliphatic hydroxyl groups is 1. The Morgan fingerprint density at radius 1 is 0.875 bits per heavy atom. The van der Waals surface area contributed by atoms with Crippen LogP contribution >= 0.6 is 8.07 Å². The molecule has 0 aliphatic heterocycles. The van der Waals surface area contributed by atoms with Crippen LogP contribution in [-0.4, -0.2) is 22.9 Å². The zero-order valence-electron chi connectivity index (χ0n) is 14.1. The average molecular weight is 336 g/mol. The van der Waals surface area contributed by atoms with Crippen LogP contribution in [-0.2, 0) is 0 Å². The van der Waals surface area contributed by atoms with E-state index in [1.165, 1.54) is 11.0 Å². The largest absolute Gasteiger partial charge is 0.387 e. The summed E-state index contributed by atoms with van der Waals surface area (Å²) in [5.74, 6) is 0. The monoisotopic (exact) mass is 336 g/mol. The van der Waals surface area contributed by atoms with Gasteiger partial charge in [0.15, 0.2) is 0 Å².